The number of carbonyl (C=O) groups excluding carboxylic acids is 4. The molecule has 1 saturated heterocycles. The lowest BCUT2D eigenvalue weighted by molar-refractivity contribution is -0.139. The van der Waals surface area contributed by atoms with Crippen LogP contribution < -0.4 is 24.5 Å². The van der Waals surface area contributed by atoms with Crippen molar-refractivity contribution in [1.29, 1.82) is 0 Å². The van der Waals surface area contributed by atoms with Crippen LogP contribution in [0, 0.1) is 0 Å². The molecule has 0 bridgehead atoms. The molecule has 1 aliphatic rings. The molecule has 1 aliphatic heterocycles. The predicted molar refractivity (Wildman–Crippen MR) is 113 cm³/mol. The number of amides is 4. The van der Waals surface area contributed by atoms with Crippen LogP contribution in [0.15, 0.2) is 42.5 Å². The molecule has 0 saturated carbocycles. The van der Waals surface area contributed by atoms with Crippen LogP contribution in [-0.2, 0) is 14.4 Å². The van der Waals surface area contributed by atoms with Gasteiger partial charge in [-0.2, -0.15) is 0 Å². The van der Waals surface area contributed by atoms with Crippen molar-refractivity contribution in [2.45, 2.75) is 19.4 Å². The van der Waals surface area contributed by atoms with Crippen molar-refractivity contribution < 1.29 is 33.4 Å². The SMILES string of the molecule is COc1ccc(N2C(=O)CC(N(NC(=O)c3ccc(OC)c(OC)c3)C(C)=O)C2=O)cc1. The molecule has 1 atom stereocenters. The molecule has 0 aromatic heterocycles. The second-order valence-corrected chi connectivity index (χ2v) is 6.89. The average Bonchev–Trinajstić information content (AvgIpc) is 3.09. The molecule has 4 amide bonds. The first-order chi connectivity index (χ1) is 15.3. The zero-order chi connectivity index (χ0) is 23.4. The number of nitrogens with one attached hydrogen (secondary N) is 1. The fourth-order valence-corrected chi connectivity index (χ4v) is 3.35. The van der Waals surface area contributed by atoms with E-state index in [2.05, 4.69) is 5.43 Å². The summed E-state index contributed by atoms with van der Waals surface area (Å²) in [4.78, 5) is 51.6. The van der Waals surface area contributed by atoms with Crippen LogP contribution in [-0.4, -0.2) is 56.0 Å². The number of methoxy groups -OCH3 is 3. The number of imide groups is 1. The summed E-state index contributed by atoms with van der Waals surface area (Å²) in [5, 5.41) is 0.878. The molecule has 1 heterocycles. The van der Waals surface area contributed by atoms with Gasteiger partial charge in [-0.05, 0) is 42.5 Å². The number of rotatable bonds is 6. The van der Waals surface area contributed by atoms with E-state index in [1.165, 1.54) is 40.4 Å². The Labute approximate surface area is 184 Å². The number of hydrogen-bond donors (Lipinski definition) is 1. The second-order valence-electron chi connectivity index (χ2n) is 6.89. The maximum atomic E-state index is 13.0. The molecule has 1 unspecified atom stereocenters. The Hall–Kier alpha value is -4.08. The number of hydrazine groups is 1. The Balaban J connectivity index is 1.82. The summed E-state index contributed by atoms with van der Waals surface area (Å²) in [5.41, 5.74) is 2.96. The van der Waals surface area contributed by atoms with E-state index in [1.54, 1.807) is 30.3 Å². The van der Waals surface area contributed by atoms with Crippen LogP contribution in [0.3, 0.4) is 0 Å². The van der Waals surface area contributed by atoms with E-state index >= 15 is 0 Å². The van der Waals surface area contributed by atoms with Gasteiger partial charge in [-0.15, -0.1) is 0 Å². The minimum absolute atomic E-state index is 0.178. The summed E-state index contributed by atoms with van der Waals surface area (Å²) in [7, 11) is 4.40. The summed E-state index contributed by atoms with van der Waals surface area (Å²) in [6, 6.07) is 9.66. The van der Waals surface area contributed by atoms with Crippen molar-refractivity contribution in [2.75, 3.05) is 26.2 Å². The molecule has 10 heteroatoms. The monoisotopic (exact) mass is 441 g/mol. The number of hydrogen-bond acceptors (Lipinski definition) is 7. The van der Waals surface area contributed by atoms with Crippen molar-refractivity contribution in [1.82, 2.24) is 10.4 Å². The molecule has 10 nitrogen and oxygen atoms in total. The molecule has 3 rings (SSSR count). The largest absolute Gasteiger partial charge is 0.497 e. The number of ether oxygens (including phenoxy) is 3. The lowest BCUT2D eigenvalue weighted by Gasteiger charge is -2.26. The van der Waals surface area contributed by atoms with Crippen LogP contribution in [0.2, 0.25) is 0 Å². The number of benzene rings is 2. The topological polar surface area (TPSA) is 114 Å². The lowest BCUT2D eigenvalue weighted by Crippen LogP contribution is -2.54. The first-order valence-electron chi connectivity index (χ1n) is 9.64. The van der Waals surface area contributed by atoms with Gasteiger partial charge in [0.1, 0.15) is 11.8 Å². The van der Waals surface area contributed by atoms with E-state index in [4.69, 9.17) is 14.2 Å². The van der Waals surface area contributed by atoms with Crippen molar-refractivity contribution in [2.24, 2.45) is 0 Å². The molecule has 0 aliphatic carbocycles. The average molecular weight is 441 g/mol. The van der Waals surface area contributed by atoms with Crippen molar-refractivity contribution in [3.63, 3.8) is 0 Å². The first-order valence-corrected chi connectivity index (χ1v) is 9.64. The van der Waals surface area contributed by atoms with Crippen molar-refractivity contribution >= 4 is 29.3 Å². The Kier molecular flexibility index (Phi) is 6.62. The molecular formula is C22H23N3O7. The van der Waals surface area contributed by atoms with E-state index in [0.29, 0.717) is 22.9 Å². The Morgan fingerprint density at radius 3 is 2.19 bits per heavy atom. The smallest absolute Gasteiger partial charge is 0.270 e. The maximum absolute atomic E-state index is 13.0. The Bertz CT molecular complexity index is 1050. The highest BCUT2D eigenvalue weighted by atomic mass is 16.5. The summed E-state index contributed by atoms with van der Waals surface area (Å²) in [6.07, 6.45) is -0.267. The molecule has 2 aromatic rings. The van der Waals surface area contributed by atoms with Crippen molar-refractivity contribution in [3.05, 3.63) is 48.0 Å². The fourth-order valence-electron chi connectivity index (χ4n) is 3.35. The van der Waals surface area contributed by atoms with Crippen LogP contribution in [0.4, 0.5) is 5.69 Å². The van der Waals surface area contributed by atoms with Gasteiger partial charge in [0.05, 0.1) is 33.4 Å². The van der Waals surface area contributed by atoms with E-state index < -0.39 is 29.7 Å². The molecule has 0 radical (unpaired) electrons. The van der Waals surface area contributed by atoms with E-state index in [0.717, 1.165) is 9.91 Å². The number of anilines is 1. The highest BCUT2D eigenvalue weighted by molar-refractivity contribution is 6.23. The summed E-state index contributed by atoms with van der Waals surface area (Å²) < 4.78 is 15.4. The summed E-state index contributed by atoms with van der Waals surface area (Å²) >= 11 is 0. The van der Waals surface area contributed by atoms with Gasteiger partial charge < -0.3 is 14.2 Å². The van der Waals surface area contributed by atoms with Gasteiger partial charge in [0.15, 0.2) is 11.5 Å². The van der Waals surface area contributed by atoms with E-state index in [1.807, 2.05) is 0 Å². The Morgan fingerprint density at radius 1 is 0.969 bits per heavy atom. The predicted octanol–water partition coefficient (Wildman–Crippen LogP) is 1.54. The van der Waals surface area contributed by atoms with Gasteiger partial charge in [-0.1, -0.05) is 0 Å². The molecule has 1 fully saturated rings. The molecule has 32 heavy (non-hydrogen) atoms. The van der Waals surface area contributed by atoms with E-state index in [-0.39, 0.29) is 12.0 Å². The fraction of sp³-hybridized carbons (Fsp3) is 0.273. The van der Waals surface area contributed by atoms with Crippen LogP contribution in [0.25, 0.3) is 0 Å². The standard InChI is InChI=1S/C22H23N3O7/c1-13(26)25(23-21(28)14-5-10-18(31-3)19(11-14)32-4)17-12-20(27)24(22(17)29)15-6-8-16(30-2)9-7-15/h5-11,17H,12H2,1-4H3,(H,23,28). The van der Waals surface area contributed by atoms with Gasteiger partial charge >= 0.3 is 0 Å². The summed E-state index contributed by atoms with van der Waals surface area (Å²) in [5.74, 6) is -1.03. The molecule has 1 N–H and O–H groups in total. The molecular weight excluding hydrogens is 418 g/mol. The third-order valence-corrected chi connectivity index (χ3v) is 4.97. The molecule has 0 spiro atoms. The minimum Gasteiger partial charge on any atom is -0.497 e. The van der Waals surface area contributed by atoms with Gasteiger partial charge in [-0.25, -0.2) is 9.91 Å². The normalized spacial score (nSPS) is 15.4. The number of nitrogens with zero attached hydrogens (tertiary/aromatic N) is 2. The number of carbonyl (C=O) groups is 4. The van der Waals surface area contributed by atoms with Gasteiger partial charge in [0.2, 0.25) is 11.8 Å². The maximum Gasteiger partial charge on any atom is 0.270 e. The quantitative estimate of drug-likeness (QED) is 0.534. The zero-order valence-electron chi connectivity index (χ0n) is 18.1. The zero-order valence-corrected chi connectivity index (χ0v) is 18.1. The van der Waals surface area contributed by atoms with Crippen molar-refractivity contribution in [3.8, 4) is 17.2 Å². The van der Waals surface area contributed by atoms with E-state index in [9.17, 15) is 19.2 Å². The highest BCUT2D eigenvalue weighted by Gasteiger charge is 2.44. The van der Waals surface area contributed by atoms with Crippen LogP contribution in [0.1, 0.15) is 23.7 Å². The second kappa shape index (κ2) is 9.38. The van der Waals surface area contributed by atoms with Gasteiger partial charge in [0.25, 0.3) is 11.8 Å². The lowest BCUT2D eigenvalue weighted by atomic mass is 10.2. The highest BCUT2D eigenvalue weighted by Crippen LogP contribution is 2.29. The van der Waals surface area contributed by atoms with Crippen LogP contribution in [0.5, 0.6) is 17.2 Å². The van der Waals surface area contributed by atoms with Gasteiger partial charge in [-0.3, -0.25) is 24.6 Å². The minimum atomic E-state index is -1.17. The summed E-state index contributed by atoms with van der Waals surface area (Å²) in [6.45, 7) is 1.20. The molecule has 168 valence electrons. The van der Waals surface area contributed by atoms with Crippen LogP contribution >= 0.6 is 0 Å². The third-order valence-electron chi connectivity index (χ3n) is 4.97. The third kappa shape index (κ3) is 4.34. The molecule has 2 aromatic carbocycles. The first kappa shape index (κ1) is 22.6. The Morgan fingerprint density at radius 2 is 1.62 bits per heavy atom. The van der Waals surface area contributed by atoms with Gasteiger partial charge in [0, 0.05) is 12.5 Å².